The number of rotatable bonds is 5. The van der Waals surface area contributed by atoms with Crippen molar-refractivity contribution >= 4 is 11.8 Å². The zero-order chi connectivity index (χ0) is 24.2. The molecule has 1 unspecified atom stereocenters. The molecule has 2 heterocycles. The van der Waals surface area contributed by atoms with E-state index in [2.05, 4.69) is 34.1 Å². The summed E-state index contributed by atoms with van der Waals surface area (Å²) >= 11 is 0. The van der Waals surface area contributed by atoms with E-state index in [0.717, 1.165) is 56.2 Å². The number of carbonyl (C=O) groups is 2. The fourth-order valence-electron chi connectivity index (χ4n) is 5.54. The van der Waals surface area contributed by atoms with Crippen LogP contribution >= 0.6 is 0 Å². The van der Waals surface area contributed by atoms with Crippen molar-refractivity contribution in [3.63, 3.8) is 0 Å². The van der Waals surface area contributed by atoms with Crippen molar-refractivity contribution in [2.24, 2.45) is 0 Å². The molecule has 5 heteroatoms. The first kappa shape index (κ1) is 23.4. The Bertz CT molecular complexity index is 1170. The molecule has 1 fully saturated rings. The molecule has 5 nitrogen and oxygen atoms in total. The summed E-state index contributed by atoms with van der Waals surface area (Å²) in [5, 5.41) is 0. The maximum Gasteiger partial charge on any atom is 0.260 e. The third-order valence-electron chi connectivity index (χ3n) is 7.45. The van der Waals surface area contributed by atoms with E-state index in [0.29, 0.717) is 12.1 Å². The van der Waals surface area contributed by atoms with Gasteiger partial charge < -0.3 is 0 Å². The first-order valence-corrected chi connectivity index (χ1v) is 12.8. The van der Waals surface area contributed by atoms with E-state index >= 15 is 0 Å². The van der Waals surface area contributed by atoms with Gasteiger partial charge in [-0.05, 0) is 61.1 Å². The molecule has 1 saturated carbocycles. The number of hydrogen-bond donors (Lipinski definition) is 0. The minimum Gasteiger partial charge on any atom is -0.284 e. The van der Waals surface area contributed by atoms with Gasteiger partial charge in [-0.25, -0.2) is 0 Å². The zero-order valence-corrected chi connectivity index (χ0v) is 20.4. The van der Waals surface area contributed by atoms with Crippen molar-refractivity contribution < 1.29 is 9.59 Å². The molecule has 0 saturated heterocycles. The Morgan fingerprint density at radius 1 is 0.943 bits per heavy atom. The highest BCUT2D eigenvalue weighted by atomic mass is 16.2. The van der Waals surface area contributed by atoms with Gasteiger partial charge in [0.2, 0.25) is 0 Å². The fourth-order valence-corrected chi connectivity index (χ4v) is 5.54. The molecule has 0 spiro atoms. The zero-order valence-electron chi connectivity index (χ0n) is 20.4. The topological polar surface area (TPSA) is 53.5 Å². The summed E-state index contributed by atoms with van der Waals surface area (Å²) in [6.45, 7) is 3.45. The number of amides is 2. The third-order valence-corrected chi connectivity index (χ3v) is 7.45. The van der Waals surface area contributed by atoms with Crippen LogP contribution in [-0.4, -0.2) is 39.2 Å². The first-order valence-electron chi connectivity index (χ1n) is 12.8. The summed E-state index contributed by atoms with van der Waals surface area (Å²) in [6.07, 6.45) is 9.37. The second-order valence-corrected chi connectivity index (χ2v) is 9.85. The van der Waals surface area contributed by atoms with Crippen LogP contribution in [0.5, 0.6) is 0 Å². The Morgan fingerprint density at radius 2 is 1.69 bits per heavy atom. The Hall–Kier alpha value is -3.31. The largest absolute Gasteiger partial charge is 0.284 e. The van der Waals surface area contributed by atoms with Crippen molar-refractivity contribution in [1.82, 2.24) is 14.8 Å². The molecule has 5 rings (SSSR count). The quantitative estimate of drug-likeness (QED) is 0.498. The van der Waals surface area contributed by atoms with Crippen LogP contribution in [0, 0.1) is 6.92 Å². The molecule has 2 amide bonds. The van der Waals surface area contributed by atoms with Crippen molar-refractivity contribution in [1.29, 1.82) is 0 Å². The number of hydrogen-bond acceptors (Lipinski definition) is 4. The minimum absolute atomic E-state index is 0.0682. The fraction of sp³-hybridized carbons (Fsp3) is 0.367. The molecular weight excluding hydrogens is 434 g/mol. The van der Waals surface area contributed by atoms with Crippen molar-refractivity contribution in [3.8, 4) is 0 Å². The van der Waals surface area contributed by atoms with E-state index in [-0.39, 0.29) is 17.9 Å². The van der Waals surface area contributed by atoms with Crippen molar-refractivity contribution in [2.75, 3.05) is 6.54 Å². The van der Waals surface area contributed by atoms with Crippen molar-refractivity contribution in [3.05, 3.63) is 101 Å². The van der Waals surface area contributed by atoms with E-state index in [1.165, 1.54) is 11.1 Å². The van der Waals surface area contributed by atoms with E-state index in [1.807, 2.05) is 43.3 Å². The average molecular weight is 468 g/mol. The predicted molar refractivity (Wildman–Crippen MR) is 137 cm³/mol. The van der Waals surface area contributed by atoms with Crippen LogP contribution in [0.4, 0.5) is 0 Å². The van der Waals surface area contributed by atoms with E-state index in [1.54, 1.807) is 17.3 Å². The average Bonchev–Trinajstić information content (AvgIpc) is 2.90. The SMILES string of the molecule is Cc1ccc(C(=O)N(C(=O)C(c2cccnc2)N2CCc3ccccc3C2)C2CCCCC2)cc1. The highest BCUT2D eigenvalue weighted by Crippen LogP contribution is 2.33. The molecule has 2 aromatic carbocycles. The lowest BCUT2D eigenvalue weighted by Gasteiger charge is -2.40. The van der Waals surface area contributed by atoms with Gasteiger partial charge in [0.15, 0.2) is 0 Å². The smallest absolute Gasteiger partial charge is 0.260 e. The maximum atomic E-state index is 14.5. The number of carbonyl (C=O) groups excluding carboxylic acids is 2. The molecule has 1 aromatic heterocycles. The number of aryl methyl sites for hydroxylation is 1. The lowest BCUT2D eigenvalue weighted by Crippen LogP contribution is -2.51. The van der Waals surface area contributed by atoms with Crippen LogP contribution in [0.2, 0.25) is 0 Å². The number of aromatic nitrogens is 1. The van der Waals surface area contributed by atoms with Gasteiger partial charge in [0.05, 0.1) is 0 Å². The monoisotopic (exact) mass is 467 g/mol. The second-order valence-electron chi connectivity index (χ2n) is 9.85. The predicted octanol–water partition coefficient (Wildman–Crippen LogP) is 5.49. The van der Waals surface area contributed by atoms with Gasteiger partial charge in [0.1, 0.15) is 6.04 Å². The molecular formula is C30H33N3O2. The Labute approximate surface area is 207 Å². The summed E-state index contributed by atoms with van der Waals surface area (Å²) in [4.78, 5) is 36.5. The van der Waals surface area contributed by atoms with Gasteiger partial charge in [-0.15, -0.1) is 0 Å². The van der Waals surface area contributed by atoms with Crippen LogP contribution in [0.1, 0.15) is 70.8 Å². The van der Waals surface area contributed by atoms with Gasteiger partial charge in [-0.1, -0.05) is 67.3 Å². The molecule has 0 N–H and O–H groups in total. The standard InChI is InChI=1S/C30H33N3O2/c1-22-13-15-24(16-14-22)29(34)33(27-11-3-2-4-12-27)30(35)28(25-10-7-18-31-20-25)32-19-17-23-8-5-6-9-26(23)21-32/h5-10,13-16,18,20,27-28H,2-4,11-12,17,19,21H2,1H3. The normalized spacial score (nSPS) is 17.4. The van der Waals surface area contributed by atoms with Crippen molar-refractivity contribution in [2.45, 2.75) is 64.1 Å². The number of nitrogens with zero attached hydrogens (tertiary/aromatic N) is 3. The van der Waals surface area contributed by atoms with E-state index < -0.39 is 6.04 Å². The van der Waals surface area contributed by atoms with E-state index in [4.69, 9.17) is 0 Å². The number of imide groups is 1. The lowest BCUT2D eigenvalue weighted by atomic mass is 9.91. The summed E-state index contributed by atoms with van der Waals surface area (Å²) in [5.41, 5.74) is 5.09. The van der Waals surface area contributed by atoms with Crippen LogP contribution in [0.15, 0.2) is 73.1 Å². The molecule has 0 radical (unpaired) electrons. The van der Waals surface area contributed by atoms with Gasteiger partial charge in [0.25, 0.3) is 11.8 Å². The highest BCUT2D eigenvalue weighted by Gasteiger charge is 2.39. The maximum absolute atomic E-state index is 14.5. The van der Waals surface area contributed by atoms with Crippen LogP contribution in [0.25, 0.3) is 0 Å². The minimum atomic E-state index is -0.548. The van der Waals surface area contributed by atoms with Gasteiger partial charge >= 0.3 is 0 Å². The Balaban J connectivity index is 1.53. The Morgan fingerprint density at radius 3 is 2.40 bits per heavy atom. The number of pyridine rings is 1. The molecule has 2 aliphatic rings. The van der Waals surface area contributed by atoms with E-state index in [9.17, 15) is 9.59 Å². The summed E-state index contributed by atoms with van der Waals surface area (Å²) in [7, 11) is 0. The molecule has 35 heavy (non-hydrogen) atoms. The van der Waals surface area contributed by atoms with Gasteiger partial charge in [0, 0.05) is 37.1 Å². The summed E-state index contributed by atoms with van der Waals surface area (Å²) in [5.74, 6) is -0.317. The molecule has 1 aliphatic carbocycles. The third kappa shape index (κ3) is 5.06. The van der Waals surface area contributed by atoms with Gasteiger partial charge in [-0.2, -0.15) is 0 Å². The molecule has 1 atom stereocenters. The molecule has 3 aromatic rings. The number of benzene rings is 2. The van der Waals surface area contributed by atoms with Gasteiger partial charge in [-0.3, -0.25) is 24.4 Å². The van der Waals surface area contributed by atoms with Crippen LogP contribution in [-0.2, 0) is 17.8 Å². The highest BCUT2D eigenvalue weighted by molar-refractivity contribution is 6.06. The Kier molecular flexibility index (Phi) is 7.05. The molecule has 180 valence electrons. The lowest BCUT2D eigenvalue weighted by molar-refractivity contribution is -0.137. The molecule has 0 bridgehead atoms. The summed E-state index contributed by atoms with van der Waals surface area (Å²) in [6, 6.07) is 19.2. The first-order chi connectivity index (χ1) is 17.1. The molecule has 1 aliphatic heterocycles. The van der Waals surface area contributed by atoms with Crippen LogP contribution in [0.3, 0.4) is 0 Å². The summed E-state index contributed by atoms with van der Waals surface area (Å²) < 4.78 is 0. The van der Waals surface area contributed by atoms with Crippen LogP contribution < -0.4 is 0 Å². The second kappa shape index (κ2) is 10.5. The number of fused-ring (bicyclic) bond motifs is 1.